The summed E-state index contributed by atoms with van der Waals surface area (Å²) in [6.07, 6.45) is 0. The largest absolute Gasteiger partial charge is 0.455 e. The summed E-state index contributed by atoms with van der Waals surface area (Å²) in [6.45, 7) is 0. The molecule has 11 aromatic rings. The average molecular weight is 728 g/mol. The second-order valence-electron chi connectivity index (χ2n) is 14.5. The highest BCUT2D eigenvalue weighted by molar-refractivity contribution is 6.14. The van der Waals surface area contributed by atoms with Gasteiger partial charge in [0, 0.05) is 33.0 Å². The van der Waals surface area contributed by atoms with Gasteiger partial charge in [-0.15, -0.1) is 0 Å². The Morgan fingerprint density at radius 1 is 0.281 bits per heavy atom. The molecular formula is C53H33N3O. The van der Waals surface area contributed by atoms with Crippen LogP contribution in [0.25, 0.3) is 111 Å². The first-order valence-electron chi connectivity index (χ1n) is 19.2. The third kappa shape index (κ3) is 6.01. The third-order valence-electron chi connectivity index (χ3n) is 10.9. The van der Waals surface area contributed by atoms with Crippen LogP contribution in [0.15, 0.2) is 205 Å². The van der Waals surface area contributed by atoms with E-state index in [1.54, 1.807) is 0 Å². The van der Waals surface area contributed by atoms with Crippen LogP contribution in [-0.4, -0.2) is 15.0 Å². The fraction of sp³-hybridized carbons (Fsp3) is 0. The molecule has 0 saturated carbocycles. The molecule has 0 radical (unpaired) electrons. The lowest BCUT2D eigenvalue weighted by Crippen LogP contribution is -2.00. The Kier molecular flexibility index (Phi) is 7.78. The van der Waals surface area contributed by atoms with Gasteiger partial charge in [0.2, 0.25) is 0 Å². The van der Waals surface area contributed by atoms with Gasteiger partial charge in [0.1, 0.15) is 11.2 Å². The Morgan fingerprint density at radius 3 is 1.37 bits per heavy atom. The number of benzene rings is 9. The quantitative estimate of drug-likeness (QED) is 0.171. The Bertz CT molecular complexity index is 3260. The number of aromatic nitrogens is 3. The maximum absolute atomic E-state index is 6.70. The topological polar surface area (TPSA) is 51.8 Å². The SMILES string of the molecule is c1ccc(-c2cc(-c3ccc(-c4nc(-c5ccccc5)nc(-c5ccc(-c6ccc7ccccc7c6)cc5)n4)cc3)c3oc4cc5ccccc5cc4c3c2)cc1. The smallest absolute Gasteiger partial charge is 0.164 e. The van der Waals surface area contributed by atoms with Gasteiger partial charge in [-0.25, -0.2) is 15.0 Å². The molecule has 0 aliphatic carbocycles. The monoisotopic (exact) mass is 727 g/mol. The molecule has 9 aromatic carbocycles. The first-order valence-corrected chi connectivity index (χ1v) is 19.2. The first kappa shape index (κ1) is 32.7. The van der Waals surface area contributed by atoms with Crippen LogP contribution in [-0.2, 0) is 0 Å². The van der Waals surface area contributed by atoms with E-state index in [1.165, 1.54) is 21.7 Å². The Morgan fingerprint density at radius 2 is 0.737 bits per heavy atom. The van der Waals surface area contributed by atoms with E-state index in [-0.39, 0.29) is 0 Å². The van der Waals surface area contributed by atoms with Gasteiger partial charge in [0.25, 0.3) is 0 Å². The average Bonchev–Trinajstić information content (AvgIpc) is 3.65. The fourth-order valence-electron chi connectivity index (χ4n) is 7.90. The van der Waals surface area contributed by atoms with Crippen LogP contribution >= 0.6 is 0 Å². The molecule has 2 aromatic heterocycles. The summed E-state index contributed by atoms with van der Waals surface area (Å²) in [5.74, 6) is 1.87. The van der Waals surface area contributed by atoms with Crippen molar-refractivity contribution in [3.05, 3.63) is 200 Å². The van der Waals surface area contributed by atoms with Crippen LogP contribution in [0.2, 0.25) is 0 Å². The second kappa shape index (κ2) is 13.6. The number of hydrogen-bond acceptors (Lipinski definition) is 4. The summed E-state index contributed by atoms with van der Waals surface area (Å²) in [5.41, 5.74) is 11.2. The number of rotatable bonds is 6. The van der Waals surface area contributed by atoms with Crippen molar-refractivity contribution in [3.8, 4) is 67.5 Å². The number of furan rings is 1. The minimum absolute atomic E-state index is 0.614. The van der Waals surface area contributed by atoms with E-state index < -0.39 is 0 Å². The highest BCUT2D eigenvalue weighted by Gasteiger charge is 2.18. The molecule has 4 nitrogen and oxygen atoms in total. The fourth-order valence-corrected chi connectivity index (χ4v) is 7.90. The van der Waals surface area contributed by atoms with Crippen molar-refractivity contribution in [2.24, 2.45) is 0 Å². The van der Waals surface area contributed by atoms with Crippen LogP contribution in [0, 0.1) is 0 Å². The van der Waals surface area contributed by atoms with Crippen LogP contribution in [0.1, 0.15) is 0 Å². The predicted octanol–water partition coefficient (Wildman–Crippen LogP) is 14.1. The molecule has 0 aliphatic heterocycles. The molecule has 0 aliphatic rings. The molecule has 11 rings (SSSR count). The zero-order valence-corrected chi connectivity index (χ0v) is 30.8. The van der Waals surface area contributed by atoms with Gasteiger partial charge >= 0.3 is 0 Å². The molecule has 2 heterocycles. The third-order valence-corrected chi connectivity index (χ3v) is 10.9. The van der Waals surface area contributed by atoms with Crippen molar-refractivity contribution < 1.29 is 4.42 Å². The van der Waals surface area contributed by atoms with Crippen molar-refractivity contribution in [1.82, 2.24) is 15.0 Å². The van der Waals surface area contributed by atoms with E-state index in [0.717, 1.165) is 71.8 Å². The van der Waals surface area contributed by atoms with Crippen molar-refractivity contribution in [1.29, 1.82) is 0 Å². The zero-order valence-electron chi connectivity index (χ0n) is 30.8. The summed E-state index contributed by atoms with van der Waals surface area (Å²) in [5, 5.41) is 7.00. The van der Waals surface area contributed by atoms with Crippen LogP contribution in [0.3, 0.4) is 0 Å². The molecule has 4 heteroatoms. The summed E-state index contributed by atoms with van der Waals surface area (Å²) in [4.78, 5) is 15.1. The predicted molar refractivity (Wildman–Crippen MR) is 235 cm³/mol. The Hall–Kier alpha value is -7.69. The van der Waals surface area contributed by atoms with Gasteiger partial charge in [-0.1, -0.05) is 170 Å². The van der Waals surface area contributed by atoms with Gasteiger partial charge in [-0.2, -0.15) is 0 Å². The van der Waals surface area contributed by atoms with E-state index in [9.17, 15) is 0 Å². The van der Waals surface area contributed by atoms with Gasteiger partial charge in [-0.3, -0.25) is 0 Å². The standard InChI is InChI=1S/C53H33N3O/c1-3-11-34(12-4-1)45-31-46(50-48(32-45)47-30-42-17-9-10-18-43(42)33-49(47)57-50)37-22-26-40(27-23-37)53-55-51(38-14-5-2-6-15-38)54-52(56-53)39-24-19-36(20-25-39)44-28-21-35-13-7-8-16-41(35)29-44/h1-33H. The van der Waals surface area contributed by atoms with E-state index in [4.69, 9.17) is 19.4 Å². The molecule has 0 amide bonds. The lowest BCUT2D eigenvalue weighted by Gasteiger charge is -2.11. The molecule has 266 valence electrons. The molecule has 0 atom stereocenters. The van der Waals surface area contributed by atoms with E-state index in [2.05, 4.69) is 170 Å². The molecule has 0 saturated heterocycles. The van der Waals surface area contributed by atoms with Crippen LogP contribution in [0.4, 0.5) is 0 Å². The maximum atomic E-state index is 6.70. The Labute approximate surface area is 329 Å². The highest BCUT2D eigenvalue weighted by Crippen LogP contribution is 2.41. The normalized spacial score (nSPS) is 11.5. The van der Waals surface area contributed by atoms with Crippen molar-refractivity contribution >= 4 is 43.5 Å². The molecular weight excluding hydrogens is 695 g/mol. The summed E-state index contributed by atoms with van der Waals surface area (Å²) >= 11 is 0. The zero-order chi connectivity index (χ0) is 37.7. The van der Waals surface area contributed by atoms with Gasteiger partial charge in [0.05, 0.1) is 0 Å². The molecule has 0 bridgehead atoms. The highest BCUT2D eigenvalue weighted by atomic mass is 16.3. The minimum atomic E-state index is 0.614. The van der Waals surface area contributed by atoms with E-state index in [0.29, 0.717) is 17.5 Å². The summed E-state index contributed by atoms with van der Waals surface area (Å²) in [7, 11) is 0. The molecule has 0 fully saturated rings. The second-order valence-corrected chi connectivity index (χ2v) is 14.5. The van der Waals surface area contributed by atoms with Crippen molar-refractivity contribution in [2.45, 2.75) is 0 Å². The molecule has 0 N–H and O–H groups in total. The molecule has 0 spiro atoms. The summed E-state index contributed by atoms with van der Waals surface area (Å²) < 4.78 is 6.70. The molecule has 0 unspecified atom stereocenters. The van der Waals surface area contributed by atoms with Gasteiger partial charge in [-0.05, 0) is 79.7 Å². The van der Waals surface area contributed by atoms with Gasteiger partial charge < -0.3 is 4.42 Å². The van der Waals surface area contributed by atoms with Crippen molar-refractivity contribution in [3.63, 3.8) is 0 Å². The van der Waals surface area contributed by atoms with Gasteiger partial charge in [0.15, 0.2) is 17.5 Å². The van der Waals surface area contributed by atoms with E-state index in [1.807, 2.05) is 30.3 Å². The molecule has 57 heavy (non-hydrogen) atoms. The number of fused-ring (bicyclic) bond motifs is 5. The van der Waals surface area contributed by atoms with Crippen LogP contribution in [0.5, 0.6) is 0 Å². The van der Waals surface area contributed by atoms with Crippen LogP contribution < -0.4 is 0 Å². The number of hydrogen-bond donors (Lipinski definition) is 0. The lowest BCUT2D eigenvalue weighted by molar-refractivity contribution is 0.670. The Balaban J connectivity index is 1.01. The summed E-state index contributed by atoms with van der Waals surface area (Å²) in [6, 6.07) is 70.0. The van der Waals surface area contributed by atoms with Crippen molar-refractivity contribution in [2.75, 3.05) is 0 Å². The minimum Gasteiger partial charge on any atom is -0.455 e. The van der Waals surface area contributed by atoms with E-state index >= 15 is 0 Å². The maximum Gasteiger partial charge on any atom is 0.164 e. The first-order chi connectivity index (χ1) is 28.2. The number of nitrogens with zero attached hydrogens (tertiary/aromatic N) is 3. The lowest BCUT2D eigenvalue weighted by atomic mass is 9.95.